The van der Waals surface area contributed by atoms with E-state index in [0.29, 0.717) is 0 Å². The van der Waals surface area contributed by atoms with E-state index in [1.807, 2.05) is 0 Å². The van der Waals surface area contributed by atoms with Crippen LogP contribution in [0.2, 0.25) is 0 Å². The van der Waals surface area contributed by atoms with E-state index in [-0.39, 0.29) is 16.9 Å². The van der Waals surface area contributed by atoms with E-state index in [9.17, 15) is 33.1 Å². The molecule has 22 heteroatoms. The molecule has 0 bridgehead atoms. The maximum atomic E-state index is 12.1. The Bertz CT molecular complexity index is 1330. The van der Waals surface area contributed by atoms with E-state index in [2.05, 4.69) is 23.1 Å². The number of fused-ring (bicyclic) bond motifs is 1. The van der Waals surface area contributed by atoms with E-state index in [1.54, 1.807) is 0 Å². The van der Waals surface area contributed by atoms with E-state index in [0.717, 1.165) is 13.8 Å². The Hall–Kier alpha value is -2.27. The summed E-state index contributed by atoms with van der Waals surface area (Å²) in [5.41, 5.74) is 6.57. The molecule has 3 rings (SSSR count). The third kappa shape index (κ3) is 7.63. The van der Waals surface area contributed by atoms with Crippen LogP contribution in [0.3, 0.4) is 0 Å². The van der Waals surface area contributed by atoms with E-state index >= 15 is 0 Å². The largest absolute Gasteiger partial charge is 0.490 e. The number of hydrogen-bond acceptors (Lipinski definition) is 14. The number of nitrogens with zero attached hydrogens (tertiary/aromatic N) is 3. The van der Waals surface area contributed by atoms with Crippen molar-refractivity contribution < 1.29 is 70.2 Å². The molecule has 37 heavy (non-hydrogen) atoms. The normalized spacial score (nSPS) is 25.4. The van der Waals surface area contributed by atoms with E-state index < -0.39 is 66.6 Å². The van der Waals surface area contributed by atoms with Crippen LogP contribution in [0.4, 0.5) is 5.69 Å². The van der Waals surface area contributed by atoms with Crippen molar-refractivity contribution in [3.8, 4) is 0 Å². The average molecular weight is 590 g/mol. The van der Waals surface area contributed by atoms with Gasteiger partial charge in [0.05, 0.1) is 18.6 Å². The molecule has 1 saturated heterocycles. The first kappa shape index (κ1) is 29.3. The molecule has 0 amide bonds. The highest BCUT2D eigenvalue weighted by Crippen LogP contribution is 2.66. The number of nitrogen functional groups attached to an aromatic ring is 1. The van der Waals surface area contributed by atoms with Crippen LogP contribution in [0.5, 0.6) is 0 Å². The predicted octanol–water partition coefficient (Wildman–Crippen LogP) is 0.118. The van der Waals surface area contributed by atoms with Crippen LogP contribution >= 0.6 is 23.5 Å². The van der Waals surface area contributed by atoms with Crippen molar-refractivity contribution in [1.29, 1.82) is 0 Å². The summed E-state index contributed by atoms with van der Waals surface area (Å²) in [7, 11) is -16.9. The fourth-order valence-corrected chi connectivity index (χ4v) is 6.36. The maximum absolute atomic E-state index is 12.1. The van der Waals surface area contributed by atoms with Crippen molar-refractivity contribution in [3.05, 3.63) is 18.6 Å². The van der Waals surface area contributed by atoms with Crippen LogP contribution < -0.4 is 5.73 Å². The predicted molar refractivity (Wildman–Crippen MR) is 117 cm³/mol. The molecule has 6 atom stereocenters. The van der Waals surface area contributed by atoms with Crippen molar-refractivity contribution >= 4 is 52.3 Å². The van der Waals surface area contributed by atoms with Gasteiger partial charge in [-0.15, -0.1) is 0 Å². The Morgan fingerprint density at radius 2 is 1.65 bits per heavy atom. The number of rotatable bonds is 10. The lowest BCUT2D eigenvalue weighted by atomic mass is 10.1. The number of pyridine rings is 1. The average Bonchev–Trinajstić information content (AvgIpc) is 3.26. The minimum atomic E-state index is -5.78. The zero-order valence-corrected chi connectivity index (χ0v) is 21.5. The Morgan fingerprint density at radius 3 is 2.24 bits per heavy atom. The summed E-state index contributed by atoms with van der Waals surface area (Å²) in [5.74, 6) is -1.69. The number of carbonyl (C=O) groups is 2. The Labute approximate surface area is 206 Å². The number of ether oxygens (including phenoxy) is 3. The third-order valence-corrected chi connectivity index (χ3v) is 8.28. The summed E-state index contributed by atoms with van der Waals surface area (Å²) in [6, 6.07) is 1.48. The number of imidazole rings is 1. The number of hydrogen-bond donors (Lipinski definition) is 5. The lowest BCUT2D eigenvalue weighted by Crippen LogP contribution is -2.40. The van der Waals surface area contributed by atoms with Crippen molar-refractivity contribution in [1.82, 2.24) is 14.5 Å². The van der Waals surface area contributed by atoms with Gasteiger partial charge in [-0.25, -0.2) is 23.7 Å². The molecule has 206 valence electrons. The van der Waals surface area contributed by atoms with Gasteiger partial charge in [0.1, 0.15) is 11.6 Å². The lowest BCUT2D eigenvalue weighted by Gasteiger charge is -2.24. The molecule has 2 aromatic heterocycles. The fraction of sp³-hybridized carbons (Fsp3) is 0.467. The Balaban J connectivity index is 1.89. The van der Waals surface area contributed by atoms with Crippen LogP contribution in [0.15, 0.2) is 18.6 Å². The second-order valence-electron chi connectivity index (χ2n) is 7.32. The quantitative estimate of drug-likeness (QED) is 0.181. The van der Waals surface area contributed by atoms with Crippen molar-refractivity contribution in [3.63, 3.8) is 0 Å². The molecule has 0 aliphatic carbocycles. The zero-order chi connectivity index (χ0) is 27.8. The minimum Gasteiger partial charge on any atom is -0.456 e. The Morgan fingerprint density at radius 1 is 1.03 bits per heavy atom. The minimum absolute atomic E-state index is 0.178. The highest BCUT2D eigenvalue weighted by molar-refractivity contribution is 7.66. The van der Waals surface area contributed by atoms with Crippen molar-refractivity contribution in [2.45, 2.75) is 38.4 Å². The highest BCUT2D eigenvalue weighted by atomic mass is 31.3. The number of anilines is 1. The summed E-state index contributed by atoms with van der Waals surface area (Å²) in [6.07, 6.45) is -3.00. The highest BCUT2D eigenvalue weighted by Gasteiger charge is 2.52. The molecule has 1 fully saturated rings. The molecule has 19 nitrogen and oxygen atoms in total. The molecule has 1 aliphatic rings. The molecule has 6 N–H and O–H groups in total. The molecule has 1 aliphatic heterocycles. The van der Waals surface area contributed by atoms with Crippen LogP contribution in [0, 0.1) is 0 Å². The maximum Gasteiger partial charge on any atom is 0.490 e. The fourth-order valence-electron chi connectivity index (χ4n) is 3.33. The van der Waals surface area contributed by atoms with Gasteiger partial charge in [0, 0.05) is 20.0 Å². The number of esters is 2. The molecule has 0 aromatic carbocycles. The van der Waals surface area contributed by atoms with E-state index in [4.69, 9.17) is 29.7 Å². The zero-order valence-electron chi connectivity index (χ0n) is 18.8. The summed E-state index contributed by atoms with van der Waals surface area (Å²) >= 11 is 0. The van der Waals surface area contributed by atoms with Gasteiger partial charge in [0.25, 0.3) is 0 Å². The van der Waals surface area contributed by atoms with Gasteiger partial charge in [-0.05, 0) is 6.07 Å². The van der Waals surface area contributed by atoms with Gasteiger partial charge in [-0.2, -0.15) is 8.62 Å². The van der Waals surface area contributed by atoms with Gasteiger partial charge < -0.3 is 39.5 Å². The number of carbonyl (C=O) groups excluding carboxylic acids is 2. The summed E-state index contributed by atoms with van der Waals surface area (Å²) in [6.45, 7) is 1.09. The molecule has 2 aromatic rings. The van der Waals surface area contributed by atoms with Gasteiger partial charge in [0.15, 0.2) is 24.1 Å². The first-order valence-corrected chi connectivity index (χ1v) is 14.4. The smallest absolute Gasteiger partial charge is 0.456 e. The molecular formula is C15H21N4O15P3. The van der Waals surface area contributed by atoms with Gasteiger partial charge in [-0.3, -0.25) is 18.7 Å². The topological polar surface area (TPSA) is 278 Å². The second kappa shape index (κ2) is 10.8. The molecule has 0 saturated carbocycles. The first-order chi connectivity index (χ1) is 17.0. The molecule has 3 heterocycles. The van der Waals surface area contributed by atoms with Crippen molar-refractivity contribution in [2.24, 2.45) is 0 Å². The third-order valence-electron chi connectivity index (χ3n) is 4.47. The first-order valence-electron chi connectivity index (χ1n) is 9.83. The van der Waals surface area contributed by atoms with Crippen molar-refractivity contribution in [2.75, 3.05) is 12.3 Å². The summed E-state index contributed by atoms with van der Waals surface area (Å²) in [5, 5.41) is 0. The van der Waals surface area contributed by atoms with Crippen LogP contribution in [0.1, 0.15) is 20.1 Å². The van der Waals surface area contributed by atoms with Crippen LogP contribution in [-0.2, 0) is 50.6 Å². The van der Waals surface area contributed by atoms with Gasteiger partial charge in [-0.1, -0.05) is 0 Å². The number of phosphoric acid groups is 3. The molecule has 6 unspecified atom stereocenters. The lowest BCUT2D eigenvalue weighted by molar-refractivity contribution is -0.165. The summed E-state index contributed by atoms with van der Waals surface area (Å²) in [4.78, 5) is 68.1. The number of phosphoric ester groups is 1. The molecule has 0 radical (unpaired) electrons. The van der Waals surface area contributed by atoms with Crippen LogP contribution in [0.25, 0.3) is 11.2 Å². The van der Waals surface area contributed by atoms with Gasteiger partial charge in [0.2, 0.25) is 0 Å². The van der Waals surface area contributed by atoms with E-state index in [1.165, 1.54) is 23.2 Å². The SMILES string of the molecule is CC(=O)OC1C(COP(=O)(O)OP(=O)(O)OP(=O)(O)O)OC(n2cnc3c(N)ccnc32)C1OC(C)=O. The standard InChI is InChI=1S/C15H21N4O15P3/c1-7(20)30-12-10(5-29-36(25,26)34-37(27,28)33-35(22,23)24)32-15(13(12)31-8(2)21)19-6-18-11-9(16)3-4-17-14(11)19/h3-4,6,10,12-13,15H,5H2,1-2H3,(H2,16,17)(H,25,26)(H,27,28)(H2,22,23,24). The van der Waals surface area contributed by atoms with Gasteiger partial charge >= 0.3 is 35.4 Å². The number of nitrogens with two attached hydrogens (primary N) is 1. The molecule has 0 spiro atoms. The number of aromatic nitrogens is 3. The molecular weight excluding hydrogens is 569 g/mol. The summed E-state index contributed by atoms with van der Waals surface area (Å²) < 4.78 is 63.9. The Kier molecular flexibility index (Phi) is 8.58. The monoisotopic (exact) mass is 590 g/mol. The second-order valence-corrected chi connectivity index (χ2v) is 11.7. The van der Waals surface area contributed by atoms with Crippen LogP contribution in [-0.4, -0.2) is 71.0 Å².